The van der Waals surface area contributed by atoms with Crippen LogP contribution < -0.4 is 11.1 Å². The molecule has 4 heteroatoms. The van der Waals surface area contributed by atoms with Gasteiger partial charge in [-0.3, -0.25) is 0 Å². The lowest BCUT2D eigenvalue weighted by Gasteiger charge is -2.20. The van der Waals surface area contributed by atoms with Crippen molar-refractivity contribution in [2.75, 3.05) is 5.32 Å². The Morgan fingerprint density at radius 3 is 2.90 bits per heavy atom. The molecule has 0 bridgehead atoms. The Morgan fingerprint density at radius 1 is 1.24 bits per heavy atom. The molecular weight excluding hydrogens is 278 g/mol. The Kier molecular flexibility index (Phi) is 4.43. The number of aryl methyl sites for hydroxylation is 2. The number of fused-ring (bicyclic) bond motifs is 1. The zero-order chi connectivity index (χ0) is 14.8. The molecule has 0 amide bonds. The van der Waals surface area contributed by atoms with Crippen molar-refractivity contribution in [3.8, 4) is 0 Å². The molecule has 1 saturated carbocycles. The monoisotopic (exact) mass is 303 g/mol. The lowest BCUT2D eigenvalue weighted by molar-refractivity contribution is 0.502. The second-order valence-electron chi connectivity index (χ2n) is 6.66. The van der Waals surface area contributed by atoms with Gasteiger partial charge in [-0.15, -0.1) is 0 Å². The van der Waals surface area contributed by atoms with E-state index in [0.29, 0.717) is 11.0 Å². The standard InChI is InChI=1S/C17H25N3S/c1-11-4-2-6-13(9-8-11)19-17-14(16(18)21)10-12-5-3-7-15(12)20-17/h10-11,13H,2-9H2,1H3,(H2,18,21)(H,19,20). The van der Waals surface area contributed by atoms with Crippen LogP contribution in [0.5, 0.6) is 0 Å². The van der Waals surface area contributed by atoms with Gasteiger partial charge in [0.05, 0.1) is 5.56 Å². The fourth-order valence-corrected chi connectivity index (χ4v) is 3.75. The van der Waals surface area contributed by atoms with Gasteiger partial charge in [-0.05, 0) is 56.1 Å². The van der Waals surface area contributed by atoms with E-state index >= 15 is 0 Å². The summed E-state index contributed by atoms with van der Waals surface area (Å²) in [6, 6.07) is 2.68. The van der Waals surface area contributed by atoms with E-state index in [1.807, 2.05) is 0 Å². The number of rotatable bonds is 3. The maximum atomic E-state index is 5.92. The first kappa shape index (κ1) is 14.8. The number of aromatic nitrogens is 1. The maximum absolute atomic E-state index is 5.92. The number of thiocarbonyl (C=S) groups is 1. The Hall–Kier alpha value is -1.16. The molecule has 0 radical (unpaired) electrons. The third kappa shape index (κ3) is 3.37. The highest BCUT2D eigenvalue weighted by molar-refractivity contribution is 7.80. The third-order valence-corrected chi connectivity index (χ3v) is 5.13. The van der Waals surface area contributed by atoms with Crippen LogP contribution in [0, 0.1) is 5.92 Å². The normalized spacial score (nSPS) is 25.2. The topological polar surface area (TPSA) is 50.9 Å². The molecule has 0 spiro atoms. The summed E-state index contributed by atoms with van der Waals surface area (Å²) in [7, 11) is 0. The molecule has 2 aliphatic rings. The van der Waals surface area contributed by atoms with Gasteiger partial charge in [0.1, 0.15) is 10.8 Å². The average Bonchev–Trinajstić information content (AvgIpc) is 2.81. The van der Waals surface area contributed by atoms with Crippen LogP contribution in [-0.4, -0.2) is 16.0 Å². The molecule has 1 aromatic rings. The first-order valence-corrected chi connectivity index (χ1v) is 8.63. The molecule has 2 aliphatic carbocycles. The molecule has 3 N–H and O–H groups in total. The van der Waals surface area contributed by atoms with Crippen molar-refractivity contribution in [3.63, 3.8) is 0 Å². The SMILES string of the molecule is CC1CCCC(Nc2nc3c(cc2C(N)=S)CCC3)CC1. The molecule has 1 heterocycles. The van der Waals surface area contributed by atoms with Crippen molar-refractivity contribution >= 4 is 23.0 Å². The summed E-state index contributed by atoms with van der Waals surface area (Å²) in [5.41, 5.74) is 9.42. The molecule has 114 valence electrons. The highest BCUT2D eigenvalue weighted by atomic mass is 32.1. The van der Waals surface area contributed by atoms with Crippen molar-refractivity contribution in [1.29, 1.82) is 0 Å². The van der Waals surface area contributed by atoms with E-state index in [0.717, 1.165) is 30.1 Å². The Labute approximate surface area is 132 Å². The molecule has 1 aromatic heterocycles. The predicted molar refractivity (Wildman–Crippen MR) is 91.8 cm³/mol. The van der Waals surface area contributed by atoms with Crippen LogP contribution in [0.15, 0.2) is 6.07 Å². The van der Waals surface area contributed by atoms with E-state index in [1.165, 1.54) is 49.8 Å². The number of nitrogens with one attached hydrogen (secondary N) is 1. The number of anilines is 1. The fourth-order valence-electron chi connectivity index (χ4n) is 3.59. The zero-order valence-electron chi connectivity index (χ0n) is 12.8. The molecule has 21 heavy (non-hydrogen) atoms. The third-order valence-electron chi connectivity index (χ3n) is 4.91. The van der Waals surface area contributed by atoms with Crippen molar-refractivity contribution in [2.45, 2.75) is 64.3 Å². The lowest BCUT2D eigenvalue weighted by Crippen LogP contribution is -2.23. The Morgan fingerprint density at radius 2 is 2.10 bits per heavy atom. The molecule has 2 atom stereocenters. The molecular formula is C17H25N3S. The molecule has 1 fully saturated rings. The minimum Gasteiger partial charge on any atom is -0.389 e. The first-order chi connectivity index (χ1) is 10.1. The van der Waals surface area contributed by atoms with Gasteiger partial charge < -0.3 is 11.1 Å². The van der Waals surface area contributed by atoms with Crippen LogP contribution >= 0.6 is 12.2 Å². The van der Waals surface area contributed by atoms with E-state index in [-0.39, 0.29) is 0 Å². The smallest absolute Gasteiger partial charge is 0.136 e. The number of nitrogens with zero attached hydrogens (tertiary/aromatic N) is 1. The quantitative estimate of drug-likeness (QED) is 0.662. The number of nitrogens with two attached hydrogens (primary N) is 1. The van der Waals surface area contributed by atoms with E-state index in [9.17, 15) is 0 Å². The Bertz CT molecular complexity index is 541. The van der Waals surface area contributed by atoms with Crippen LogP contribution in [0.1, 0.15) is 62.3 Å². The van der Waals surface area contributed by atoms with E-state index in [1.54, 1.807) is 0 Å². The van der Waals surface area contributed by atoms with Crippen molar-refractivity contribution in [2.24, 2.45) is 11.7 Å². The maximum Gasteiger partial charge on any atom is 0.136 e. The number of hydrogen-bond acceptors (Lipinski definition) is 3. The second-order valence-corrected chi connectivity index (χ2v) is 7.10. The summed E-state index contributed by atoms with van der Waals surface area (Å²) < 4.78 is 0. The average molecular weight is 303 g/mol. The summed E-state index contributed by atoms with van der Waals surface area (Å²) in [5, 5.41) is 3.64. The van der Waals surface area contributed by atoms with Gasteiger partial charge in [-0.1, -0.05) is 32.0 Å². The summed E-state index contributed by atoms with van der Waals surface area (Å²) in [5.74, 6) is 1.77. The molecule has 0 aromatic carbocycles. The van der Waals surface area contributed by atoms with Crippen LogP contribution in [-0.2, 0) is 12.8 Å². The summed E-state index contributed by atoms with van der Waals surface area (Å²) in [4.78, 5) is 5.30. The van der Waals surface area contributed by atoms with E-state index < -0.39 is 0 Å². The highest BCUT2D eigenvalue weighted by Crippen LogP contribution is 2.29. The number of hydrogen-bond donors (Lipinski definition) is 2. The molecule has 0 saturated heterocycles. The van der Waals surface area contributed by atoms with Gasteiger partial charge in [-0.25, -0.2) is 4.98 Å². The zero-order valence-corrected chi connectivity index (χ0v) is 13.6. The van der Waals surface area contributed by atoms with Crippen LogP contribution in [0.4, 0.5) is 5.82 Å². The van der Waals surface area contributed by atoms with Gasteiger partial charge in [-0.2, -0.15) is 0 Å². The van der Waals surface area contributed by atoms with Gasteiger partial charge in [0.15, 0.2) is 0 Å². The minimum atomic E-state index is 0.460. The number of pyridine rings is 1. The van der Waals surface area contributed by atoms with Crippen LogP contribution in [0.3, 0.4) is 0 Å². The van der Waals surface area contributed by atoms with Crippen LogP contribution in [0.2, 0.25) is 0 Å². The van der Waals surface area contributed by atoms with E-state index in [2.05, 4.69) is 18.3 Å². The van der Waals surface area contributed by atoms with Crippen molar-refractivity contribution in [1.82, 2.24) is 4.98 Å². The largest absolute Gasteiger partial charge is 0.389 e. The predicted octanol–water partition coefficient (Wildman–Crippen LogP) is 3.59. The molecule has 3 rings (SSSR count). The van der Waals surface area contributed by atoms with Gasteiger partial charge >= 0.3 is 0 Å². The van der Waals surface area contributed by atoms with E-state index in [4.69, 9.17) is 22.9 Å². The molecule has 0 aliphatic heterocycles. The van der Waals surface area contributed by atoms with Crippen molar-refractivity contribution in [3.05, 3.63) is 22.9 Å². The molecule has 3 nitrogen and oxygen atoms in total. The molecule has 2 unspecified atom stereocenters. The second kappa shape index (κ2) is 6.30. The fraction of sp³-hybridized carbons (Fsp3) is 0.647. The Balaban J connectivity index is 1.82. The minimum absolute atomic E-state index is 0.460. The summed E-state index contributed by atoms with van der Waals surface area (Å²) >= 11 is 5.23. The van der Waals surface area contributed by atoms with Gasteiger partial charge in [0, 0.05) is 11.7 Å². The summed E-state index contributed by atoms with van der Waals surface area (Å²) in [6.07, 6.45) is 9.78. The first-order valence-electron chi connectivity index (χ1n) is 8.22. The van der Waals surface area contributed by atoms with Crippen molar-refractivity contribution < 1.29 is 0 Å². The lowest BCUT2D eigenvalue weighted by atomic mass is 10.0. The summed E-state index contributed by atoms with van der Waals surface area (Å²) in [6.45, 7) is 2.36. The van der Waals surface area contributed by atoms with Gasteiger partial charge in [0.2, 0.25) is 0 Å². The van der Waals surface area contributed by atoms with Crippen LogP contribution in [0.25, 0.3) is 0 Å². The van der Waals surface area contributed by atoms with Gasteiger partial charge in [0.25, 0.3) is 0 Å². The highest BCUT2D eigenvalue weighted by Gasteiger charge is 2.21.